The van der Waals surface area contributed by atoms with Gasteiger partial charge >= 0.3 is 0 Å². The first-order valence-corrected chi connectivity index (χ1v) is 7.40. The molecule has 112 valence electrons. The number of amides is 1. The molecular weight excluding hydrogens is 254 g/mol. The van der Waals surface area contributed by atoms with Crippen molar-refractivity contribution in [2.75, 3.05) is 19.8 Å². The van der Waals surface area contributed by atoms with E-state index in [1.54, 1.807) is 12.1 Å². The predicted octanol–water partition coefficient (Wildman–Crippen LogP) is 3.40. The quantitative estimate of drug-likeness (QED) is 0.753. The molecular formula is C16H25NO3. The van der Waals surface area contributed by atoms with Gasteiger partial charge in [-0.25, -0.2) is 0 Å². The van der Waals surface area contributed by atoms with E-state index in [1.807, 2.05) is 19.9 Å². The van der Waals surface area contributed by atoms with E-state index < -0.39 is 0 Å². The Morgan fingerprint density at radius 1 is 1.00 bits per heavy atom. The Morgan fingerprint density at radius 2 is 1.65 bits per heavy atom. The van der Waals surface area contributed by atoms with Gasteiger partial charge in [-0.1, -0.05) is 20.8 Å². The lowest BCUT2D eigenvalue weighted by atomic mass is 10.2. The second-order valence-corrected chi connectivity index (χ2v) is 4.61. The van der Waals surface area contributed by atoms with Crippen LogP contribution in [0.25, 0.3) is 0 Å². The second kappa shape index (κ2) is 9.23. The Hall–Kier alpha value is -1.71. The van der Waals surface area contributed by atoms with Crippen LogP contribution >= 0.6 is 0 Å². The standard InChI is InChI=1S/C16H25NO3/c1-4-9-17-16(18)13-7-8-14(19-10-5-2)15(12-13)20-11-6-3/h7-8,12H,4-6,9-11H2,1-3H3,(H,17,18). The minimum absolute atomic E-state index is 0.0739. The molecule has 0 aliphatic heterocycles. The molecule has 0 spiro atoms. The van der Waals surface area contributed by atoms with E-state index in [0.29, 0.717) is 36.8 Å². The summed E-state index contributed by atoms with van der Waals surface area (Å²) in [5.74, 6) is 1.27. The SMILES string of the molecule is CCCNC(=O)c1ccc(OCCC)c(OCCC)c1. The zero-order valence-corrected chi connectivity index (χ0v) is 12.7. The summed E-state index contributed by atoms with van der Waals surface area (Å²) in [7, 11) is 0. The zero-order valence-electron chi connectivity index (χ0n) is 12.7. The maximum atomic E-state index is 11.9. The summed E-state index contributed by atoms with van der Waals surface area (Å²) in [6, 6.07) is 5.34. The van der Waals surface area contributed by atoms with Gasteiger partial charge in [-0.05, 0) is 37.5 Å². The van der Waals surface area contributed by atoms with E-state index in [9.17, 15) is 4.79 Å². The average molecular weight is 279 g/mol. The molecule has 0 saturated carbocycles. The lowest BCUT2D eigenvalue weighted by molar-refractivity contribution is 0.0953. The molecule has 0 aromatic heterocycles. The van der Waals surface area contributed by atoms with Gasteiger partial charge in [0.15, 0.2) is 11.5 Å². The summed E-state index contributed by atoms with van der Waals surface area (Å²) >= 11 is 0. The van der Waals surface area contributed by atoms with Gasteiger partial charge in [-0.3, -0.25) is 4.79 Å². The molecule has 20 heavy (non-hydrogen) atoms. The molecule has 1 rings (SSSR count). The number of carbonyl (C=O) groups is 1. The molecule has 1 amide bonds. The van der Waals surface area contributed by atoms with Crippen LogP contribution in [-0.4, -0.2) is 25.7 Å². The van der Waals surface area contributed by atoms with E-state index in [0.717, 1.165) is 19.3 Å². The minimum atomic E-state index is -0.0739. The van der Waals surface area contributed by atoms with Crippen LogP contribution in [0.2, 0.25) is 0 Å². The fourth-order valence-electron chi connectivity index (χ4n) is 1.65. The highest BCUT2D eigenvalue weighted by molar-refractivity contribution is 5.94. The van der Waals surface area contributed by atoms with E-state index in [1.165, 1.54) is 0 Å². The second-order valence-electron chi connectivity index (χ2n) is 4.61. The van der Waals surface area contributed by atoms with Gasteiger partial charge in [0.1, 0.15) is 0 Å². The Labute approximate surface area is 121 Å². The van der Waals surface area contributed by atoms with E-state index >= 15 is 0 Å². The lowest BCUT2D eigenvalue weighted by Crippen LogP contribution is -2.24. The topological polar surface area (TPSA) is 47.6 Å². The summed E-state index contributed by atoms with van der Waals surface area (Å²) < 4.78 is 11.3. The molecule has 1 aromatic carbocycles. The third-order valence-corrected chi connectivity index (χ3v) is 2.66. The Bertz CT molecular complexity index is 418. The van der Waals surface area contributed by atoms with Crippen LogP contribution in [0.3, 0.4) is 0 Å². The smallest absolute Gasteiger partial charge is 0.251 e. The van der Waals surface area contributed by atoms with E-state index in [2.05, 4.69) is 12.2 Å². The van der Waals surface area contributed by atoms with Gasteiger partial charge < -0.3 is 14.8 Å². The number of nitrogens with one attached hydrogen (secondary N) is 1. The molecule has 0 atom stereocenters. The predicted molar refractivity (Wildman–Crippen MR) is 80.6 cm³/mol. The number of carbonyl (C=O) groups excluding carboxylic acids is 1. The van der Waals surface area contributed by atoms with Crippen LogP contribution in [0.5, 0.6) is 11.5 Å². The number of hydrogen-bond acceptors (Lipinski definition) is 3. The van der Waals surface area contributed by atoms with Crippen molar-refractivity contribution in [3.8, 4) is 11.5 Å². The van der Waals surface area contributed by atoms with Crippen LogP contribution in [-0.2, 0) is 0 Å². The minimum Gasteiger partial charge on any atom is -0.490 e. The third-order valence-electron chi connectivity index (χ3n) is 2.66. The van der Waals surface area contributed by atoms with Gasteiger partial charge in [0.25, 0.3) is 5.91 Å². The fourth-order valence-corrected chi connectivity index (χ4v) is 1.65. The van der Waals surface area contributed by atoms with E-state index in [-0.39, 0.29) is 5.91 Å². The van der Waals surface area contributed by atoms with Crippen molar-refractivity contribution >= 4 is 5.91 Å². The maximum Gasteiger partial charge on any atom is 0.251 e. The summed E-state index contributed by atoms with van der Waals surface area (Å²) in [6.45, 7) is 8.06. The molecule has 0 aliphatic carbocycles. The summed E-state index contributed by atoms with van der Waals surface area (Å²) in [6.07, 6.45) is 2.77. The first-order valence-electron chi connectivity index (χ1n) is 7.40. The van der Waals surface area contributed by atoms with Crippen LogP contribution in [0.1, 0.15) is 50.4 Å². The highest BCUT2D eigenvalue weighted by Crippen LogP contribution is 2.28. The summed E-state index contributed by atoms with van der Waals surface area (Å²) in [5.41, 5.74) is 0.605. The molecule has 0 saturated heterocycles. The molecule has 0 radical (unpaired) electrons. The third kappa shape index (κ3) is 5.11. The molecule has 0 bridgehead atoms. The molecule has 0 unspecified atom stereocenters. The molecule has 0 fully saturated rings. The van der Waals surface area contributed by atoms with Crippen molar-refractivity contribution < 1.29 is 14.3 Å². The maximum absolute atomic E-state index is 11.9. The highest BCUT2D eigenvalue weighted by atomic mass is 16.5. The van der Waals surface area contributed by atoms with Crippen molar-refractivity contribution in [2.45, 2.75) is 40.0 Å². The zero-order chi connectivity index (χ0) is 14.8. The van der Waals surface area contributed by atoms with Crippen LogP contribution in [0.4, 0.5) is 0 Å². The Morgan fingerprint density at radius 3 is 2.25 bits per heavy atom. The Kier molecular flexibility index (Phi) is 7.55. The molecule has 0 heterocycles. The molecule has 1 N–H and O–H groups in total. The van der Waals surface area contributed by atoms with Crippen LogP contribution in [0.15, 0.2) is 18.2 Å². The molecule has 4 nitrogen and oxygen atoms in total. The normalized spacial score (nSPS) is 10.2. The molecule has 0 aliphatic rings. The van der Waals surface area contributed by atoms with Crippen molar-refractivity contribution in [3.05, 3.63) is 23.8 Å². The molecule has 4 heteroatoms. The van der Waals surface area contributed by atoms with Crippen molar-refractivity contribution in [2.24, 2.45) is 0 Å². The van der Waals surface area contributed by atoms with Gasteiger partial charge in [0, 0.05) is 12.1 Å². The number of rotatable bonds is 9. The average Bonchev–Trinajstić information content (AvgIpc) is 2.48. The monoisotopic (exact) mass is 279 g/mol. The van der Waals surface area contributed by atoms with Crippen molar-refractivity contribution in [1.82, 2.24) is 5.32 Å². The van der Waals surface area contributed by atoms with Crippen LogP contribution < -0.4 is 14.8 Å². The van der Waals surface area contributed by atoms with E-state index in [4.69, 9.17) is 9.47 Å². The Balaban J connectivity index is 2.85. The number of ether oxygens (including phenoxy) is 2. The first kappa shape index (κ1) is 16.3. The number of benzene rings is 1. The van der Waals surface area contributed by atoms with Gasteiger partial charge in [0.2, 0.25) is 0 Å². The van der Waals surface area contributed by atoms with Crippen molar-refractivity contribution in [1.29, 1.82) is 0 Å². The van der Waals surface area contributed by atoms with Gasteiger partial charge in [-0.2, -0.15) is 0 Å². The largest absolute Gasteiger partial charge is 0.490 e. The van der Waals surface area contributed by atoms with Crippen molar-refractivity contribution in [3.63, 3.8) is 0 Å². The lowest BCUT2D eigenvalue weighted by Gasteiger charge is -2.13. The first-order chi connectivity index (χ1) is 9.72. The number of hydrogen-bond donors (Lipinski definition) is 1. The molecule has 1 aromatic rings. The summed E-state index contributed by atoms with van der Waals surface area (Å²) in [5, 5.41) is 2.86. The van der Waals surface area contributed by atoms with Gasteiger partial charge in [0.05, 0.1) is 13.2 Å². The summed E-state index contributed by atoms with van der Waals surface area (Å²) in [4.78, 5) is 11.9. The fraction of sp³-hybridized carbons (Fsp3) is 0.562. The van der Waals surface area contributed by atoms with Crippen LogP contribution in [0, 0.1) is 0 Å². The highest BCUT2D eigenvalue weighted by Gasteiger charge is 2.11. The van der Waals surface area contributed by atoms with Gasteiger partial charge in [-0.15, -0.1) is 0 Å².